The summed E-state index contributed by atoms with van der Waals surface area (Å²) in [6.07, 6.45) is 8.15. The number of unbranched alkanes of at least 4 members (excludes halogenated alkanes) is 6. The van der Waals surface area contributed by atoms with E-state index in [4.69, 9.17) is 5.26 Å². The fraction of sp³-hybridized carbons (Fsp3) is 0.579. The highest BCUT2D eigenvalue weighted by Gasteiger charge is 2.22. The van der Waals surface area contributed by atoms with Crippen LogP contribution < -0.4 is 5.32 Å². The van der Waals surface area contributed by atoms with Gasteiger partial charge in [0, 0.05) is 13.6 Å². The third-order valence-corrected chi connectivity index (χ3v) is 5.98. The van der Waals surface area contributed by atoms with Crippen LogP contribution >= 0.6 is 0 Å². The van der Waals surface area contributed by atoms with E-state index in [-0.39, 0.29) is 17.3 Å². The number of sulfonamides is 1. The van der Waals surface area contributed by atoms with Gasteiger partial charge in [-0.25, -0.2) is 8.42 Å². The van der Waals surface area contributed by atoms with Gasteiger partial charge in [-0.05, 0) is 30.7 Å². The van der Waals surface area contributed by atoms with Gasteiger partial charge in [0.1, 0.15) is 0 Å². The van der Waals surface area contributed by atoms with E-state index in [9.17, 15) is 13.2 Å². The predicted octanol–water partition coefficient (Wildman–Crippen LogP) is 3.05. The summed E-state index contributed by atoms with van der Waals surface area (Å²) in [7, 11) is -2.37. The van der Waals surface area contributed by atoms with Crippen LogP contribution in [0, 0.1) is 11.3 Å². The number of likely N-dealkylation sites (N-methyl/N-ethyl adjacent to an activating group) is 1. The summed E-state index contributed by atoms with van der Waals surface area (Å²) < 4.78 is 25.9. The summed E-state index contributed by atoms with van der Waals surface area (Å²) in [5, 5.41) is 11.5. The molecular weight excluding hydrogens is 350 g/mol. The van der Waals surface area contributed by atoms with Gasteiger partial charge in [-0.2, -0.15) is 9.57 Å². The van der Waals surface area contributed by atoms with Crippen LogP contribution in [0.1, 0.15) is 57.4 Å². The molecular formula is C19H29N3O3S. The van der Waals surface area contributed by atoms with E-state index < -0.39 is 10.0 Å². The Morgan fingerprint density at radius 2 is 1.65 bits per heavy atom. The molecule has 0 aliphatic rings. The van der Waals surface area contributed by atoms with E-state index >= 15 is 0 Å². The first-order valence-corrected chi connectivity index (χ1v) is 10.6. The lowest BCUT2D eigenvalue weighted by Crippen LogP contribution is -2.38. The van der Waals surface area contributed by atoms with Gasteiger partial charge >= 0.3 is 0 Å². The standard InChI is InChI=1S/C19H29N3O3S/c1-3-4-5-6-7-8-9-14-21-19(23)16-22(2)26(24,25)18-12-10-17(15-20)11-13-18/h10-13H,3-9,14,16H2,1-2H3,(H,21,23). The molecule has 0 radical (unpaired) electrons. The van der Waals surface area contributed by atoms with Crippen molar-refractivity contribution in [2.45, 2.75) is 56.8 Å². The van der Waals surface area contributed by atoms with Crippen molar-refractivity contribution in [3.05, 3.63) is 29.8 Å². The third kappa shape index (κ3) is 7.54. The van der Waals surface area contributed by atoms with Gasteiger partial charge in [0.25, 0.3) is 0 Å². The maximum absolute atomic E-state index is 12.4. The van der Waals surface area contributed by atoms with Gasteiger partial charge in [-0.15, -0.1) is 0 Å². The van der Waals surface area contributed by atoms with Crippen molar-refractivity contribution < 1.29 is 13.2 Å². The number of carbonyl (C=O) groups is 1. The molecule has 0 unspecified atom stereocenters. The molecule has 1 N–H and O–H groups in total. The molecule has 0 fully saturated rings. The average Bonchev–Trinajstić information content (AvgIpc) is 2.63. The molecule has 0 atom stereocenters. The number of amides is 1. The normalized spacial score (nSPS) is 11.3. The molecule has 1 aromatic rings. The number of benzene rings is 1. The van der Waals surface area contributed by atoms with Gasteiger partial charge in [0.15, 0.2) is 0 Å². The Balaban J connectivity index is 2.35. The second-order valence-electron chi connectivity index (χ2n) is 6.37. The smallest absolute Gasteiger partial charge is 0.243 e. The molecule has 0 aliphatic carbocycles. The first-order valence-electron chi connectivity index (χ1n) is 9.15. The summed E-state index contributed by atoms with van der Waals surface area (Å²) in [5.41, 5.74) is 0.388. The van der Waals surface area contributed by atoms with Crippen LogP contribution in [-0.2, 0) is 14.8 Å². The van der Waals surface area contributed by atoms with Crippen molar-refractivity contribution in [2.75, 3.05) is 20.1 Å². The largest absolute Gasteiger partial charge is 0.355 e. The number of nitrogens with one attached hydrogen (secondary N) is 1. The number of nitrogens with zero attached hydrogens (tertiary/aromatic N) is 2. The number of carbonyl (C=O) groups excluding carboxylic acids is 1. The molecule has 0 aromatic heterocycles. The number of hydrogen-bond donors (Lipinski definition) is 1. The van der Waals surface area contributed by atoms with Crippen molar-refractivity contribution in [1.82, 2.24) is 9.62 Å². The molecule has 26 heavy (non-hydrogen) atoms. The van der Waals surface area contributed by atoms with Crippen molar-refractivity contribution >= 4 is 15.9 Å². The summed E-state index contributed by atoms with van der Waals surface area (Å²) in [6, 6.07) is 7.59. The molecule has 1 aromatic carbocycles. The predicted molar refractivity (Wildman–Crippen MR) is 102 cm³/mol. The van der Waals surface area contributed by atoms with Gasteiger partial charge in [0.05, 0.1) is 23.1 Å². The molecule has 7 heteroatoms. The first-order chi connectivity index (χ1) is 12.4. The minimum atomic E-state index is -3.74. The fourth-order valence-corrected chi connectivity index (χ4v) is 3.66. The summed E-state index contributed by atoms with van der Waals surface area (Å²) in [6.45, 7) is 2.53. The number of rotatable bonds is 12. The molecule has 0 saturated heterocycles. The highest BCUT2D eigenvalue weighted by molar-refractivity contribution is 7.89. The second-order valence-corrected chi connectivity index (χ2v) is 8.41. The maximum Gasteiger partial charge on any atom is 0.243 e. The second kappa shape index (κ2) is 11.7. The molecule has 0 bridgehead atoms. The lowest BCUT2D eigenvalue weighted by Gasteiger charge is -2.17. The molecule has 1 rings (SSSR count). The average molecular weight is 380 g/mol. The van der Waals surface area contributed by atoms with Crippen molar-refractivity contribution in [3.8, 4) is 6.07 Å². The highest BCUT2D eigenvalue weighted by atomic mass is 32.2. The lowest BCUT2D eigenvalue weighted by atomic mass is 10.1. The Bertz CT molecular complexity index is 694. The Hall–Kier alpha value is -1.91. The number of hydrogen-bond acceptors (Lipinski definition) is 4. The Labute approximate surface area is 157 Å². The van der Waals surface area contributed by atoms with E-state index in [1.807, 2.05) is 6.07 Å². The Morgan fingerprint density at radius 1 is 1.08 bits per heavy atom. The Morgan fingerprint density at radius 3 is 2.23 bits per heavy atom. The van der Waals surface area contributed by atoms with Crippen LogP contribution in [0.25, 0.3) is 0 Å². The fourth-order valence-electron chi connectivity index (χ4n) is 2.53. The molecule has 0 saturated carbocycles. The maximum atomic E-state index is 12.4. The minimum absolute atomic E-state index is 0.0684. The molecule has 144 valence electrons. The molecule has 0 heterocycles. The van der Waals surface area contributed by atoms with E-state index in [1.54, 1.807) is 0 Å². The van der Waals surface area contributed by atoms with Crippen LogP contribution in [0.3, 0.4) is 0 Å². The van der Waals surface area contributed by atoms with Crippen LogP contribution in [0.4, 0.5) is 0 Å². The van der Waals surface area contributed by atoms with Gasteiger partial charge in [-0.3, -0.25) is 4.79 Å². The highest BCUT2D eigenvalue weighted by Crippen LogP contribution is 2.14. The quantitative estimate of drug-likeness (QED) is 0.565. The topological polar surface area (TPSA) is 90.3 Å². The third-order valence-electron chi connectivity index (χ3n) is 4.16. The molecule has 0 spiro atoms. The zero-order valence-corrected chi connectivity index (χ0v) is 16.5. The zero-order chi connectivity index (χ0) is 19.4. The summed E-state index contributed by atoms with van der Waals surface area (Å²) in [5.74, 6) is -0.310. The zero-order valence-electron chi connectivity index (χ0n) is 15.7. The van der Waals surface area contributed by atoms with Gasteiger partial charge in [0.2, 0.25) is 15.9 Å². The van der Waals surface area contributed by atoms with Crippen LogP contribution in [0.2, 0.25) is 0 Å². The monoisotopic (exact) mass is 379 g/mol. The Kier molecular flexibility index (Phi) is 9.92. The SMILES string of the molecule is CCCCCCCCCNC(=O)CN(C)S(=O)(=O)c1ccc(C#N)cc1. The molecule has 1 amide bonds. The summed E-state index contributed by atoms with van der Waals surface area (Å²) in [4.78, 5) is 12.0. The van der Waals surface area contributed by atoms with E-state index in [0.29, 0.717) is 12.1 Å². The first kappa shape index (κ1) is 22.1. The molecule has 6 nitrogen and oxygen atoms in total. The van der Waals surface area contributed by atoms with Crippen LogP contribution in [-0.4, -0.2) is 38.8 Å². The molecule has 0 aliphatic heterocycles. The lowest BCUT2D eigenvalue weighted by molar-refractivity contribution is -0.121. The minimum Gasteiger partial charge on any atom is -0.355 e. The van der Waals surface area contributed by atoms with E-state index in [1.165, 1.54) is 63.4 Å². The van der Waals surface area contributed by atoms with Crippen molar-refractivity contribution in [1.29, 1.82) is 5.26 Å². The van der Waals surface area contributed by atoms with E-state index in [2.05, 4.69) is 12.2 Å². The summed E-state index contributed by atoms with van der Waals surface area (Å²) >= 11 is 0. The van der Waals surface area contributed by atoms with Gasteiger partial charge in [-0.1, -0.05) is 45.4 Å². The van der Waals surface area contributed by atoms with Crippen molar-refractivity contribution in [2.24, 2.45) is 0 Å². The van der Waals surface area contributed by atoms with Crippen LogP contribution in [0.15, 0.2) is 29.2 Å². The van der Waals surface area contributed by atoms with E-state index in [0.717, 1.165) is 17.1 Å². The number of nitriles is 1. The van der Waals surface area contributed by atoms with Gasteiger partial charge < -0.3 is 5.32 Å². The van der Waals surface area contributed by atoms with Crippen molar-refractivity contribution in [3.63, 3.8) is 0 Å². The van der Waals surface area contributed by atoms with Crippen LogP contribution in [0.5, 0.6) is 0 Å².